The Morgan fingerprint density at radius 3 is 2.25 bits per heavy atom. The lowest BCUT2D eigenvalue weighted by molar-refractivity contribution is -0.205. The van der Waals surface area contributed by atoms with Crippen molar-refractivity contribution < 1.29 is 18.3 Å². The highest BCUT2D eigenvalue weighted by atomic mass is 19.4. The molecule has 4 heteroatoms. The summed E-state index contributed by atoms with van der Waals surface area (Å²) in [5.74, 6) is 0. The second-order valence-corrected chi connectivity index (χ2v) is 2.92. The molecule has 72 valence electrons. The highest BCUT2D eigenvalue weighted by Crippen LogP contribution is 2.23. The Labute approximate surface area is 69.9 Å². The van der Waals surface area contributed by atoms with Crippen LogP contribution in [0.5, 0.6) is 0 Å². The summed E-state index contributed by atoms with van der Waals surface area (Å²) >= 11 is 0. The van der Waals surface area contributed by atoms with Crippen molar-refractivity contribution in [1.82, 2.24) is 0 Å². The minimum atomic E-state index is -4.48. The Bertz CT molecular complexity index is 156. The van der Waals surface area contributed by atoms with E-state index in [9.17, 15) is 13.2 Å². The second kappa shape index (κ2) is 4.50. The molecule has 0 aromatic rings. The molecule has 0 aromatic carbocycles. The molecule has 0 aliphatic carbocycles. The average Bonchev–Trinajstić information content (AvgIpc) is 1.84. The summed E-state index contributed by atoms with van der Waals surface area (Å²) in [4.78, 5) is 0. The van der Waals surface area contributed by atoms with Gasteiger partial charge in [0.1, 0.15) is 6.10 Å². The molecule has 0 bridgehead atoms. The van der Waals surface area contributed by atoms with Gasteiger partial charge in [0, 0.05) is 0 Å². The number of rotatable bonds is 3. The van der Waals surface area contributed by atoms with Crippen LogP contribution in [0.25, 0.3) is 0 Å². The van der Waals surface area contributed by atoms with Crippen LogP contribution in [-0.4, -0.2) is 17.4 Å². The zero-order chi connectivity index (χ0) is 9.78. The normalized spacial score (nSPS) is 14.2. The van der Waals surface area contributed by atoms with Gasteiger partial charge < -0.3 is 5.11 Å². The van der Waals surface area contributed by atoms with Crippen LogP contribution in [-0.2, 0) is 0 Å². The molecule has 0 aromatic heterocycles. The molecule has 12 heavy (non-hydrogen) atoms. The lowest BCUT2D eigenvalue weighted by atomic mass is 10.1. The number of hydrogen-bond donors (Lipinski definition) is 1. The maximum absolute atomic E-state index is 11.7. The van der Waals surface area contributed by atoms with Crippen LogP contribution in [0.1, 0.15) is 26.7 Å². The van der Waals surface area contributed by atoms with Crippen molar-refractivity contribution in [3.05, 3.63) is 11.6 Å². The third-order valence-corrected chi connectivity index (χ3v) is 1.37. The Morgan fingerprint density at radius 1 is 1.42 bits per heavy atom. The Hall–Kier alpha value is -0.510. The van der Waals surface area contributed by atoms with E-state index < -0.39 is 12.3 Å². The van der Waals surface area contributed by atoms with Crippen LogP contribution in [0.15, 0.2) is 11.6 Å². The maximum Gasteiger partial charge on any atom is 0.414 e. The van der Waals surface area contributed by atoms with Gasteiger partial charge in [-0.05, 0) is 26.7 Å². The summed E-state index contributed by atoms with van der Waals surface area (Å²) < 4.78 is 35.1. The van der Waals surface area contributed by atoms with Gasteiger partial charge in [0.05, 0.1) is 0 Å². The van der Waals surface area contributed by atoms with Gasteiger partial charge in [0.25, 0.3) is 0 Å². The number of hydrogen-bond acceptors (Lipinski definition) is 1. The first kappa shape index (κ1) is 11.5. The van der Waals surface area contributed by atoms with E-state index in [0.29, 0.717) is 0 Å². The van der Waals surface area contributed by atoms with Gasteiger partial charge in [0.15, 0.2) is 0 Å². The lowest BCUT2D eigenvalue weighted by Gasteiger charge is -2.12. The molecule has 0 amide bonds. The zero-order valence-corrected chi connectivity index (χ0v) is 7.15. The van der Waals surface area contributed by atoms with E-state index in [1.165, 1.54) is 0 Å². The summed E-state index contributed by atoms with van der Waals surface area (Å²) in [5.41, 5.74) is 0.962. The molecule has 0 saturated heterocycles. The van der Waals surface area contributed by atoms with Crippen LogP contribution in [0.2, 0.25) is 0 Å². The molecule has 1 N–H and O–H groups in total. The monoisotopic (exact) mass is 182 g/mol. The smallest absolute Gasteiger partial charge is 0.384 e. The SMILES string of the molecule is CC(C)=CCCC(O)C(F)(F)F. The summed E-state index contributed by atoms with van der Waals surface area (Å²) in [7, 11) is 0. The van der Waals surface area contributed by atoms with E-state index in [4.69, 9.17) is 5.11 Å². The molecule has 0 fully saturated rings. The molecule has 0 spiro atoms. The Balaban J connectivity index is 3.73. The van der Waals surface area contributed by atoms with Gasteiger partial charge in [-0.2, -0.15) is 13.2 Å². The molecule has 1 unspecified atom stereocenters. The molecule has 0 radical (unpaired) electrons. The van der Waals surface area contributed by atoms with E-state index in [-0.39, 0.29) is 12.8 Å². The third-order valence-electron chi connectivity index (χ3n) is 1.37. The molecule has 1 nitrogen and oxygen atoms in total. The van der Waals surface area contributed by atoms with Crippen molar-refractivity contribution in [2.75, 3.05) is 0 Å². The number of aliphatic hydroxyl groups is 1. The fourth-order valence-corrected chi connectivity index (χ4v) is 0.694. The first-order chi connectivity index (χ1) is 5.34. The van der Waals surface area contributed by atoms with E-state index in [2.05, 4.69) is 0 Å². The van der Waals surface area contributed by atoms with Crippen LogP contribution in [0, 0.1) is 0 Å². The molecule has 0 heterocycles. The largest absolute Gasteiger partial charge is 0.414 e. The third kappa shape index (κ3) is 5.18. The van der Waals surface area contributed by atoms with Crippen molar-refractivity contribution in [2.45, 2.75) is 39.0 Å². The summed E-state index contributed by atoms with van der Waals surface area (Å²) in [5, 5.41) is 8.54. The predicted octanol–water partition coefficient (Wildman–Crippen LogP) is 2.66. The van der Waals surface area contributed by atoms with Crippen LogP contribution >= 0.6 is 0 Å². The van der Waals surface area contributed by atoms with Crippen molar-refractivity contribution in [3.8, 4) is 0 Å². The van der Waals surface area contributed by atoms with Crippen molar-refractivity contribution in [2.24, 2.45) is 0 Å². The fourth-order valence-electron chi connectivity index (χ4n) is 0.694. The number of halogens is 3. The minimum absolute atomic E-state index is 0.255. The molecule has 0 aliphatic heterocycles. The van der Waals surface area contributed by atoms with Gasteiger partial charge in [-0.3, -0.25) is 0 Å². The maximum atomic E-state index is 11.7. The van der Waals surface area contributed by atoms with E-state index in [0.717, 1.165) is 5.57 Å². The fraction of sp³-hybridized carbons (Fsp3) is 0.750. The number of aliphatic hydroxyl groups excluding tert-OH is 1. The summed E-state index contributed by atoms with van der Waals surface area (Å²) in [6.07, 6.45) is -4.98. The molecule has 0 aliphatic rings. The molecular weight excluding hydrogens is 169 g/mol. The molecule has 1 atom stereocenters. The standard InChI is InChI=1S/C8H13F3O/c1-6(2)4-3-5-7(12)8(9,10)11/h4,7,12H,3,5H2,1-2H3. The Morgan fingerprint density at radius 2 is 1.92 bits per heavy atom. The van der Waals surface area contributed by atoms with E-state index in [1.54, 1.807) is 19.9 Å². The molecule has 0 saturated carbocycles. The number of alkyl halides is 3. The van der Waals surface area contributed by atoms with Crippen LogP contribution in [0.4, 0.5) is 13.2 Å². The molecule has 0 rings (SSSR count). The Kier molecular flexibility index (Phi) is 4.31. The average molecular weight is 182 g/mol. The van der Waals surface area contributed by atoms with Crippen LogP contribution < -0.4 is 0 Å². The van der Waals surface area contributed by atoms with Crippen molar-refractivity contribution >= 4 is 0 Å². The van der Waals surface area contributed by atoms with Gasteiger partial charge in [-0.25, -0.2) is 0 Å². The lowest BCUT2D eigenvalue weighted by Crippen LogP contribution is -2.27. The van der Waals surface area contributed by atoms with E-state index in [1.807, 2.05) is 0 Å². The van der Waals surface area contributed by atoms with Gasteiger partial charge in [-0.1, -0.05) is 11.6 Å². The zero-order valence-electron chi connectivity index (χ0n) is 7.15. The minimum Gasteiger partial charge on any atom is -0.384 e. The summed E-state index contributed by atoms with van der Waals surface area (Å²) in [6, 6.07) is 0. The predicted molar refractivity (Wildman–Crippen MR) is 40.7 cm³/mol. The van der Waals surface area contributed by atoms with Gasteiger partial charge in [0.2, 0.25) is 0 Å². The quantitative estimate of drug-likeness (QED) is 0.665. The first-order valence-electron chi connectivity index (χ1n) is 3.72. The first-order valence-corrected chi connectivity index (χ1v) is 3.72. The van der Waals surface area contributed by atoms with Crippen LogP contribution in [0.3, 0.4) is 0 Å². The van der Waals surface area contributed by atoms with Gasteiger partial charge >= 0.3 is 6.18 Å². The van der Waals surface area contributed by atoms with E-state index >= 15 is 0 Å². The van der Waals surface area contributed by atoms with Crippen molar-refractivity contribution in [3.63, 3.8) is 0 Å². The number of allylic oxidation sites excluding steroid dienone is 2. The van der Waals surface area contributed by atoms with Crippen molar-refractivity contribution in [1.29, 1.82) is 0 Å². The highest BCUT2D eigenvalue weighted by molar-refractivity contribution is 4.93. The van der Waals surface area contributed by atoms with Gasteiger partial charge in [-0.15, -0.1) is 0 Å². The summed E-state index contributed by atoms with van der Waals surface area (Å²) in [6.45, 7) is 3.61. The second-order valence-electron chi connectivity index (χ2n) is 2.92. The highest BCUT2D eigenvalue weighted by Gasteiger charge is 2.37. The molecular formula is C8H13F3O. The topological polar surface area (TPSA) is 20.2 Å².